The van der Waals surface area contributed by atoms with Gasteiger partial charge in [-0.15, -0.1) is 0 Å². The van der Waals surface area contributed by atoms with E-state index in [0.29, 0.717) is 0 Å². The van der Waals surface area contributed by atoms with Crippen LogP contribution in [0.15, 0.2) is 0 Å². The molecule has 2 saturated carbocycles. The maximum Gasteiger partial charge on any atom is 0.408 e. The number of rotatable bonds is 2. The minimum absolute atomic E-state index is 0.0201. The third kappa shape index (κ3) is 1.83. The molecule has 0 saturated heterocycles. The molecule has 2 aliphatic carbocycles. The van der Waals surface area contributed by atoms with Crippen molar-refractivity contribution in [2.75, 3.05) is 6.61 Å². The Bertz CT molecular complexity index is 291. The summed E-state index contributed by atoms with van der Waals surface area (Å²) in [6.45, 7) is 5.51. The van der Waals surface area contributed by atoms with Gasteiger partial charge in [-0.25, -0.2) is 4.79 Å². The molecule has 1 amide bonds. The summed E-state index contributed by atoms with van der Waals surface area (Å²) in [5.41, 5.74) is -0.652. The predicted octanol–water partition coefficient (Wildman–Crippen LogP) is 1.43. The number of alkyl carbamates (subject to hydrolysis) is 1. The Morgan fingerprint density at radius 3 is 2.40 bits per heavy atom. The first-order valence-corrected chi connectivity index (χ1v) is 5.45. The van der Waals surface area contributed by atoms with Crippen LogP contribution in [0.3, 0.4) is 0 Å². The number of amides is 1. The van der Waals surface area contributed by atoms with Crippen LogP contribution in [0.2, 0.25) is 0 Å². The molecule has 0 aromatic heterocycles. The third-order valence-corrected chi connectivity index (χ3v) is 3.39. The Kier molecular flexibility index (Phi) is 2.06. The first-order chi connectivity index (χ1) is 6.83. The molecule has 0 aromatic rings. The molecule has 2 N–H and O–H groups in total. The Morgan fingerprint density at radius 1 is 1.47 bits per heavy atom. The number of hydrogen-bond donors (Lipinski definition) is 2. The van der Waals surface area contributed by atoms with Crippen LogP contribution in [0.25, 0.3) is 0 Å². The normalized spacial score (nSPS) is 31.2. The van der Waals surface area contributed by atoms with E-state index in [-0.39, 0.29) is 17.6 Å². The standard InChI is InChI=1S/C11H19NO3/c1-9(2,3)15-8(14)12-11(7-13)6-10(11)4-5-10/h13H,4-7H2,1-3H3,(H,12,14). The smallest absolute Gasteiger partial charge is 0.408 e. The van der Waals surface area contributed by atoms with Gasteiger partial charge < -0.3 is 15.2 Å². The second kappa shape index (κ2) is 2.88. The van der Waals surface area contributed by atoms with E-state index in [4.69, 9.17) is 4.74 Å². The topological polar surface area (TPSA) is 58.6 Å². The summed E-state index contributed by atoms with van der Waals surface area (Å²) in [5, 5.41) is 12.1. The molecule has 4 nitrogen and oxygen atoms in total. The fourth-order valence-electron chi connectivity index (χ4n) is 2.28. The van der Waals surface area contributed by atoms with Crippen LogP contribution in [-0.4, -0.2) is 28.9 Å². The van der Waals surface area contributed by atoms with Gasteiger partial charge in [0, 0.05) is 0 Å². The molecule has 15 heavy (non-hydrogen) atoms. The van der Waals surface area contributed by atoms with E-state index in [1.54, 1.807) is 0 Å². The molecular weight excluding hydrogens is 194 g/mol. The molecule has 2 aliphatic rings. The summed E-state index contributed by atoms with van der Waals surface area (Å²) in [5.74, 6) is 0. The lowest BCUT2D eigenvalue weighted by Crippen LogP contribution is -2.44. The lowest BCUT2D eigenvalue weighted by Gasteiger charge is -2.23. The number of carbonyl (C=O) groups excluding carboxylic acids is 1. The van der Waals surface area contributed by atoms with Crippen molar-refractivity contribution in [1.82, 2.24) is 5.32 Å². The molecule has 0 heterocycles. The highest BCUT2D eigenvalue weighted by Crippen LogP contribution is 2.72. The molecule has 0 bridgehead atoms. The quantitative estimate of drug-likeness (QED) is 0.729. The third-order valence-electron chi connectivity index (χ3n) is 3.39. The highest BCUT2D eigenvalue weighted by Gasteiger charge is 2.74. The van der Waals surface area contributed by atoms with Crippen LogP contribution in [0.5, 0.6) is 0 Å². The van der Waals surface area contributed by atoms with Crippen molar-refractivity contribution in [3.05, 3.63) is 0 Å². The average Bonchev–Trinajstić information content (AvgIpc) is 2.91. The van der Waals surface area contributed by atoms with Gasteiger partial charge in [-0.2, -0.15) is 0 Å². The van der Waals surface area contributed by atoms with Crippen molar-refractivity contribution in [2.24, 2.45) is 5.41 Å². The van der Waals surface area contributed by atoms with Gasteiger partial charge in [0.25, 0.3) is 0 Å². The van der Waals surface area contributed by atoms with Crippen LogP contribution in [0.4, 0.5) is 4.79 Å². The van der Waals surface area contributed by atoms with Crippen molar-refractivity contribution in [3.8, 4) is 0 Å². The van der Waals surface area contributed by atoms with Crippen molar-refractivity contribution < 1.29 is 14.6 Å². The first kappa shape index (κ1) is 10.7. The Labute approximate surface area is 90.0 Å². The number of hydrogen-bond acceptors (Lipinski definition) is 3. The van der Waals surface area contributed by atoms with E-state index in [0.717, 1.165) is 19.3 Å². The maximum atomic E-state index is 11.5. The molecule has 86 valence electrons. The molecule has 1 unspecified atom stereocenters. The number of carbonyl (C=O) groups is 1. The average molecular weight is 213 g/mol. The molecule has 1 atom stereocenters. The lowest BCUT2D eigenvalue weighted by molar-refractivity contribution is 0.0459. The summed E-state index contributed by atoms with van der Waals surface area (Å²) < 4.78 is 5.18. The van der Waals surface area contributed by atoms with Gasteiger partial charge in [0.15, 0.2) is 0 Å². The molecule has 0 radical (unpaired) electrons. The van der Waals surface area contributed by atoms with E-state index in [1.807, 2.05) is 20.8 Å². The van der Waals surface area contributed by atoms with Crippen molar-refractivity contribution in [1.29, 1.82) is 0 Å². The summed E-state index contributed by atoms with van der Waals surface area (Å²) in [6, 6.07) is 0. The Balaban J connectivity index is 1.89. The number of nitrogens with one attached hydrogen (secondary N) is 1. The fraction of sp³-hybridized carbons (Fsp3) is 0.909. The molecule has 0 aliphatic heterocycles. The van der Waals surface area contributed by atoms with Crippen molar-refractivity contribution >= 4 is 6.09 Å². The van der Waals surface area contributed by atoms with Crippen LogP contribution < -0.4 is 5.32 Å². The summed E-state index contributed by atoms with van der Waals surface area (Å²) in [4.78, 5) is 11.5. The second-order valence-corrected chi connectivity index (χ2v) is 5.82. The van der Waals surface area contributed by atoms with E-state index in [2.05, 4.69) is 5.32 Å². The van der Waals surface area contributed by atoms with Gasteiger partial charge in [0.1, 0.15) is 5.60 Å². The Hall–Kier alpha value is -0.770. The van der Waals surface area contributed by atoms with Crippen LogP contribution in [-0.2, 0) is 4.74 Å². The van der Waals surface area contributed by atoms with Crippen LogP contribution in [0, 0.1) is 5.41 Å². The molecule has 1 spiro atoms. The fourth-order valence-corrected chi connectivity index (χ4v) is 2.28. The van der Waals surface area contributed by atoms with Crippen LogP contribution >= 0.6 is 0 Å². The van der Waals surface area contributed by atoms with Gasteiger partial charge in [0.05, 0.1) is 12.1 Å². The molecular formula is C11H19NO3. The second-order valence-electron chi connectivity index (χ2n) is 5.82. The highest BCUT2D eigenvalue weighted by atomic mass is 16.6. The predicted molar refractivity (Wildman–Crippen MR) is 55.5 cm³/mol. The largest absolute Gasteiger partial charge is 0.444 e. The number of ether oxygens (including phenoxy) is 1. The monoisotopic (exact) mass is 213 g/mol. The SMILES string of the molecule is CC(C)(C)OC(=O)NC1(CO)CC12CC2. The zero-order valence-corrected chi connectivity index (χ0v) is 9.59. The molecule has 0 aromatic carbocycles. The van der Waals surface area contributed by atoms with Crippen molar-refractivity contribution in [2.45, 2.75) is 51.2 Å². The van der Waals surface area contributed by atoms with E-state index < -0.39 is 11.7 Å². The minimum atomic E-state index is -0.480. The first-order valence-electron chi connectivity index (χ1n) is 5.45. The zero-order valence-electron chi connectivity index (χ0n) is 9.59. The summed E-state index contributed by atoms with van der Waals surface area (Å²) in [7, 11) is 0. The number of aliphatic hydroxyl groups excluding tert-OH is 1. The van der Waals surface area contributed by atoms with Gasteiger partial charge in [-0.1, -0.05) is 0 Å². The minimum Gasteiger partial charge on any atom is -0.444 e. The Morgan fingerprint density at radius 2 is 2.07 bits per heavy atom. The van der Waals surface area contributed by atoms with E-state index in [1.165, 1.54) is 0 Å². The summed E-state index contributed by atoms with van der Waals surface area (Å²) in [6.07, 6.45) is 2.71. The summed E-state index contributed by atoms with van der Waals surface area (Å²) >= 11 is 0. The van der Waals surface area contributed by atoms with Gasteiger partial charge in [0.2, 0.25) is 0 Å². The van der Waals surface area contributed by atoms with E-state index >= 15 is 0 Å². The van der Waals surface area contributed by atoms with Crippen LogP contribution in [0.1, 0.15) is 40.0 Å². The molecule has 2 fully saturated rings. The van der Waals surface area contributed by atoms with Gasteiger partial charge in [-0.05, 0) is 45.4 Å². The van der Waals surface area contributed by atoms with Gasteiger partial charge >= 0.3 is 6.09 Å². The van der Waals surface area contributed by atoms with Crippen molar-refractivity contribution in [3.63, 3.8) is 0 Å². The van der Waals surface area contributed by atoms with Gasteiger partial charge in [-0.3, -0.25) is 0 Å². The lowest BCUT2D eigenvalue weighted by atomic mass is 10.2. The maximum absolute atomic E-state index is 11.5. The number of aliphatic hydroxyl groups is 1. The molecule has 2 rings (SSSR count). The highest BCUT2D eigenvalue weighted by molar-refractivity contribution is 5.70. The van der Waals surface area contributed by atoms with E-state index in [9.17, 15) is 9.90 Å². The zero-order chi connectivity index (χ0) is 11.3. The molecule has 4 heteroatoms.